The lowest BCUT2D eigenvalue weighted by atomic mass is 9.92. The van der Waals surface area contributed by atoms with Crippen molar-refractivity contribution in [1.29, 1.82) is 0 Å². The molecule has 4 nitrogen and oxygen atoms in total. The van der Waals surface area contributed by atoms with Gasteiger partial charge in [-0.3, -0.25) is 4.98 Å². The van der Waals surface area contributed by atoms with Crippen LogP contribution in [0.15, 0.2) is 53.9 Å². The van der Waals surface area contributed by atoms with Crippen molar-refractivity contribution in [2.24, 2.45) is 0 Å². The largest absolute Gasteiger partial charge is 0.446 e. The quantitative estimate of drug-likeness (QED) is 0.500. The van der Waals surface area contributed by atoms with Gasteiger partial charge in [0.25, 0.3) is 0 Å². The Morgan fingerprint density at radius 1 is 1.04 bits per heavy atom. The summed E-state index contributed by atoms with van der Waals surface area (Å²) in [6.45, 7) is 1.76. The van der Waals surface area contributed by atoms with Gasteiger partial charge in [0.2, 0.25) is 0 Å². The molecule has 9 heteroatoms. The number of benzene rings is 1. The average molecular weight is 368 g/mol. The Kier molecular flexibility index (Phi) is 4.76. The first-order chi connectivity index (χ1) is 11.8. The van der Waals surface area contributed by atoms with Crippen LogP contribution in [0.25, 0.3) is 5.69 Å². The number of thioether (sulfide) groups is 1. The summed E-state index contributed by atoms with van der Waals surface area (Å²) in [6, 6.07) is 5.85. The normalized spacial score (nSPS) is 13.0. The van der Waals surface area contributed by atoms with Gasteiger partial charge in [0.1, 0.15) is 11.5 Å². The highest BCUT2D eigenvalue weighted by Gasteiger charge is 2.29. The zero-order valence-electron chi connectivity index (χ0n) is 12.9. The van der Waals surface area contributed by atoms with E-state index >= 15 is 0 Å². The SMILES string of the molecule is CC(c1ccc(SC(F)(F)F)cc1)c1c(F)cncc1-n1nccn1. The highest BCUT2D eigenvalue weighted by molar-refractivity contribution is 8.00. The van der Waals surface area contributed by atoms with Gasteiger partial charge in [-0.1, -0.05) is 19.1 Å². The van der Waals surface area contributed by atoms with Gasteiger partial charge in [0, 0.05) is 16.4 Å². The molecule has 0 fully saturated rings. The predicted octanol–water partition coefficient (Wildman–Crippen LogP) is 4.57. The summed E-state index contributed by atoms with van der Waals surface area (Å²) in [5.74, 6) is -0.954. The number of halogens is 4. The molecular weight excluding hydrogens is 356 g/mol. The summed E-state index contributed by atoms with van der Waals surface area (Å²) in [5, 5.41) is 7.98. The summed E-state index contributed by atoms with van der Waals surface area (Å²) in [5.41, 5.74) is -2.97. The molecule has 0 aliphatic rings. The van der Waals surface area contributed by atoms with E-state index in [-0.39, 0.29) is 16.7 Å². The summed E-state index contributed by atoms with van der Waals surface area (Å²) >= 11 is -0.187. The van der Waals surface area contributed by atoms with Crippen LogP contribution in [0.2, 0.25) is 0 Å². The summed E-state index contributed by atoms with van der Waals surface area (Å²) in [6.07, 6.45) is 5.46. The van der Waals surface area contributed by atoms with Crippen molar-refractivity contribution in [2.45, 2.75) is 23.2 Å². The highest BCUT2D eigenvalue weighted by atomic mass is 32.2. The number of alkyl halides is 3. The van der Waals surface area contributed by atoms with Crippen LogP contribution in [0.1, 0.15) is 24.0 Å². The zero-order chi connectivity index (χ0) is 18.0. The maximum atomic E-state index is 14.4. The Morgan fingerprint density at radius 3 is 2.28 bits per heavy atom. The third-order valence-electron chi connectivity index (χ3n) is 3.60. The number of hydrogen-bond donors (Lipinski definition) is 0. The van der Waals surface area contributed by atoms with Crippen LogP contribution in [-0.4, -0.2) is 25.5 Å². The topological polar surface area (TPSA) is 43.6 Å². The Morgan fingerprint density at radius 2 is 1.68 bits per heavy atom. The molecule has 0 aliphatic heterocycles. The van der Waals surface area contributed by atoms with E-state index in [1.54, 1.807) is 19.1 Å². The van der Waals surface area contributed by atoms with Gasteiger partial charge in [0.05, 0.1) is 24.8 Å². The highest BCUT2D eigenvalue weighted by Crippen LogP contribution is 2.38. The fraction of sp³-hybridized carbons (Fsp3) is 0.188. The predicted molar refractivity (Wildman–Crippen MR) is 85.0 cm³/mol. The van der Waals surface area contributed by atoms with Gasteiger partial charge in [-0.25, -0.2) is 4.39 Å². The number of aromatic nitrogens is 4. The van der Waals surface area contributed by atoms with Gasteiger partial charge in [-0.05, 0) is 29.5 Å². The Hall–Kier alpha value is -2.42. The second-order valence-corrected chi connectivity index (χ2v) is 6.35. The van der Waals surface area contributed by atoms with E-state index in [0.717, 1.165) is 6.20 Å². The molecule has 1 aromatic carbocycles. The van der Waals surface area contributed by atoms with Crippen LogP contribution in [0.4, 0.5) is 17.6 Å². The minimum absolute atomic E-state index is 0.0765. The lowest BCUT2D eigenvalue weighted by molar-refractivity contribution is -0.0328. The number of rotatable bonds is 4. The van der Waals surface area contributed by atoms with E-state index in [4.69, 9.17) is 0 Å². The summed E-state index contributed by atoms with van der Waals surface area (Å²) in [4.78, 5) is 5.16. The van der Waals surface area contributed by atoms with Gasteiger partial charge >= 0.3 is 5.51 Å². The molecule has 0 bridgehead atoms. The van der Waals surface area contributed by atoms with E-state index in [1.807, 2.05) is 0 Å². The molecule has 3 aromatic rings. The standard InChI is InChI=1S/C16H12F4N4S/c1-10(11-2-4-12(5-3-11)25-16(18,19)20)15-13(17)8-21-9-14(15)24-22-6-7-23-24/h2-10H,1H3. The van der Waals surface area contributed by atoms with E-state index in [2.05, 4.69) is 15.2 Å². The first-order valence-corrected chi connectivity index (χ1v) is 8.02. The first-order valence-electron chi connectivity index (χ1n) is 7.21. The zero-order valence-corrected chi connectivity index (χ0v) is 13.7. The third kappa shape index (κ3) is 3.98. The van der Waals surface area contributed by atoms with Crippen molar-refractivity contribution in [2.75, 3.05) is 0 Å². The molecule has 0 aliphatic carbocycles. The van der Waals surface area contributed by atoms with Crippen LogP contribution in [0.3, 0.4) is 0 Å². The maximum Gasteiger partial charge on any atom is 0.446 e. The second kappa shape index (κ2) is 6.83. The van der Waals surface area contributed by atoms with Crippen molar-refractivity contribution in [3.8, 4) is 5.69 Å². The molecule has 0 amide bonds. The van der Waals surface area contributed by atoms with Crippen molar-refractivity contribution in [3.63, 3.8) is 0 Å². The maximum absolute atomic E-state index is 14.4. The monoisotopic (exact) mass is 368 g/mol. The number of hydrogen-bond acceptors (Lipinski definition) is 4. The smallest absolute Gasteiger partial charge is 0.259 e. The van der Waals surface area contributed by atoms with Crippen LogP contribution in [0, 0.1) is 5.82 Å². The van der Waals surface area contributed by atoms with Gasteiger partial charge in [-0.15, -0.1) is 4.80 Å². The molecule has 0 radical (unpaired) electrons. The van der Waals surface area contributed by atoms with E-state index in [1.165, 1.54) is 35.5 Å². The molecule has 130 valence electrons. The molecule has 1 unspecified atom stereocenters. The van der Waals surface area contributed by atoms with Crippen LogP contribution < -0.4 is 0 Å². The Labute approximate surface area is 144 Å². The molecule has 2 aromatic heterocycles. The van der Waals surface area contributed by atoms with Crippen molar-refractivity contribution < 1.29 is 17.6 Å². The van der Waals surface area contributed by atoms with Crippen LogP contribution in [0.5, 0.6) is 0 Å². The fourth-order valence-corrected chi connectivity index (χ4v) is 3.03. The minimum atomic E-state index is -4.34. The first kappa shape index (κ1) is 17.4. The molecule has 3 rings (SSSR count). The van der Waals surface area contributed by atoms with Crippen molar-refractivity contribution in [3.05, 3.63) is 66.0 Å². The molecular formula is C16H12F4N4S. The Bertz CT molecular complexity index is 848. The third-order valence-corrected chi connectivity index (χ3v) is 4.34. The Balaban J connectivity index is 1.95. The molecule has 0 N–H and O–H groups in total. The van der Waals surface area contributed by atoms with Gasteiger partial charge in [-0.2, -0.15) is 23.4 Å². The summed E-state index contributed by atoms with van der Waals surface area (Å²) < 4.78 is 51.6. The van der Waals surface area contributed by atoms with E-state index in [0.29, 0.717) is 16.8 Å². The molecule has 25 heavy (non-hydrogen) atoms. The summed E-state index contributed by atoms with van der Waals surface area (Å²) in [7, 11) is 0. The average Bonchev–Trinajstić information content (AvgIpc) is 3.07. The van der Waals surface area contributed by atoms with E-state index < -0.39 is 17.2 Å². The van der Waals surface area contributed by atoms with Crippen molar-refractivity contribution >= 4 is 11.8 Å². The van der Waals surface area contributed by atoms with E-state index in [9.17, 15) is 17.6 Å². The van der Waals surface area contributed by atoms with Gasteiger partial charge < -0.3 is 0 Å². The minimum Gasteiger partial charge on any atom is -0.259 e. The molecule has 0 saturated heterocycles. The second-order valence-electron chi connectivity index (χ2n) is 5.21. The van der Waals surface area contributed by atoms with Crippen LogP contribution in [-0.2, 0) is 0 Å². The molecule has 1 atom stereocenters. The van der Waals surface area contributed by atoms with Gasteiger partial charge in [0.15, 0.2) is 0 Å². The molecule has 2 heterocycles. The molecule has 0 spiro atoms. The number of nitrogens with zero attached hydrogens (tertiary/aromatic N) is 4. The molecule has 0 saturated carbocycles. The van der Waals surface area contributed by atoms with Crippen LogP contribution >= 0.6 is 11.8 Å². The number of pyridine rings is 1. The fourth-order valence-electron chi connectivity index (χ4n) is 2.49. The lowest BCUT2D eigenvalue weighted by Gasteiger charge is -2.17. The lowest BCUT2D eigenvalue weighted by Crippen LogP contribution is -2.10. The van der Waals surface area contributed by atoms with Crippen molar-refractivity contribution in [1.82, 2.24) is 20.0 Å².